The van der Waals surface area contributed by atoms with E-state index in [1.54, 1.807) is 26.7 Å². The third-order valence-electron chi connectivity index (χ3n) is 6.32. The number of carbonyl (C=O) groups excluding carboxylic acids is 2. The molecule has 4 N–H and O–H groups in total. The number of nitrogens with zero attached hydrogens (tertiary/aromatic N) is 5. The Labute approximate surface area is 221 Å². The standard InChI is InChI=1S/C26H34ClN7O3/c1-26(2,3)37-25(36)32-12-6-9-19(10-7-13-32)34-23(28)21(24(29)35)22(31-34)18-14-30-33(16-18)15-17-8-4-5-11-20(17)27/h4-5,8,11,14,16,19H,6-7,9-10,12-13,15,28H2,1-3H3,(H2,29,35). The van der Waals surface area contributed by atoms with Gasteiger partial charge in [0.1, 0.15) is 22.7 Å². The van der Waals surface area contributed by atoms with E-state index in [0.29, 0.717) is 35.9 Å². The lowest BCUT2D eigenvalue weighted by Gasteiger charge is -2.30. The van der Waals surface area contributed by atoms with Crippen molar-refractivity contribution in [1.82, 2.24) is 24.5 Å². The van der Waals surface area contributed by atoms with Gasteiger partial charge in [-0.3, -0.25) is 9.48 Å². The molecule has 1 aliphatic heterocycles. The summed E-state index contributed by atoms with van der Waals surface area (Å²) in [6.07, 6.45) is 6.14. The Balaban J connectivity index is 1.52. The lowest BCUT2D eigenvalue weighted by Crippen LogP contribution is -2.39. The van der Waals surface area contributed by atoms with Crippen LogP contribution in [-0.2, 0) is 11.3 Å². The Kier molecular flexibility index (Phi) is 7.77. The lowest BCUT2D eigenvalue weighted by molar-refractivity contribution is 0.0228. The van der Waals surface area contributed by atoms with Crippen LogP contribution in [0.4, 0.5) is 10.6 Å². The van der Waals surface area contributed by atoms with E-state index in [4.69, 9.17) is 32.9 Å². The van der Waals surface area contributed by atoms with E-state index >= 15 is 0 Å². The fraction of sp³-hybridized carbons (Fsp3) is 0.462. The number of ether oxygens (including phenoxy) is 1. The summed E-state index contributed by atoms with van der Waals surface area (Å²) in [7, 11) is 0. The van der Waals surface area contributed by atoms with Crippen LogP contribution >= 0.6 is 11.6 Å². The summed E-state index contributed by atoms with van der Waals surface area (Å²) in [4.78, 5) is 26.6. The zero-order valence-electron chi connectivity index (χ0n) is 21.5. The van der Waals surface area contributed by atoms with E-state index < -0.39 is 11.5 Å². The Hall–Kier alpha value is -3.53. The van der Waals surface area contributed by atoms with E-state index in [1.807, 2.05) is 45.0 Å². The Morgan fingerprint density at radius 3 is 2.46 bits per heavy atom. The molecule has 37 heavy (non-hydrogen) atoms. The first kappa shape index (κ1) is 26.5. The van der Waals surface area contributed by atoms with Crippen LogP contribution in [0.2, 0.25) is 5.02 Å². The molecular weight excluding hydrogens is 494 g/mol. The highest BCUT2D eigenvalue weighted by Crippen LogP contribution is 2.33. The maximum absolute atomic E-state index is 12.5. The predicted octanol–water partition coefficient (Wildman–Crippen LogP) is 4.48. The van der Waals surface area contributed by atoms with Gasteiger partial charge in [-0.05, 0) is 58.1 Å². The molecule has 0 radical (unpaired) electrons. The fourth-order valence-electron chi connectivity index (χ4n) is 4.59. The number of halogens is 1. The topological polar surface area (TPSA) is 134 Å². The number of aromatic nitrogens is 4. The molecule has 2 aromatic heterocycles. The molecule has 4 rings (SSSR count). The minimum absolute atomic E-state index is 0.0224. The Morgan fingerprint density at radius 2 is 1.84 bits per heavy atom. The lowest BCUT2D eigenvalue weighted by atomic mass is 10.0. The number of hydrogen-bond acceptors (Lipinski definition) is 6. The van der Waals surface area contributed by atoms with Gasteiger partial charge in [0.05, 0.1) is 18.8 Å². The molecule has 1 saturated heterocycles. The molecule has 0 bridgehead atoms. The van der Waals surface area contributed by atoms with Crippen molar-refractivity contribution >= 4 is 29.4 Å². The number of likely N-dealkylation sites (tertiary alicyclic amines) is 1. The van der Waals surface area contributed by atoms with Crippen molar-refractivity contribution in [3.63, 3.8) is 0 Å². The van der Waals surface area contributed by atoms with E-state index in [0.717, 1.165) is 31.2 Å². The Bertz CT molecular complexity index is 1270. The van der Waals surface area contributed by atoms with Crippen LogP contribution in [0.5, 0.6) is 0 Å². The zero-order valence-corrected chi connectivity index (χ0v) is 22.2. The van der Waals surface area contributed by atoms with E-state index in [1.165, 1.54) is 0 Å². The van der Waals surface area contributed by atoms with Crippen molar-refractivity contribution in [3.8, 4) is 11.3 Å². The first-order valence-electron chi connectivity index (χ1n) is 12.5. The molecule has 0 aliphatic carbocycles. The van der Waals surface area contributed by atoms with Crippen LogP contribution in [0.15, 0.2) is 36.7 Å². The second-order valence-electron chi connectivity index (χ2n) is 10.3. The van der Waals surface area contributed by atoms with Crippen molar-refractivity contribution in [2.24, 2.45) is 5.73 Å². The fourth-order valence-corrected chi connectivity index (χ4v) is 4.79. The van der Waals surface area contributed by atoms with Gasteiger partial charge in [0, 0.05) is 29.9 Å². The number of primary amides is 1. The largest absolute Gasteiger partial charge is 0.444 e. The predicted molar refractivity (Wildman–Crippen MR) is 142 cm³/mol. The zero-order chi connectivity index (χ0) is 26.7. The normalized spacial score (nSPS) is 15.3. The maximum Gasteiger partial charge on any atom is 0.410 e. The molecule has 1 aromatic carbocycles. The highest BCUT2D eigenvalue weighted by Gasteiger charge is 2.28. The smallest absolute Gasteiger partial charge is 0.410 e. The van der Waals surface area contributed by atoms with Crippen LogP contribution in [0.1, 0.15) is 68.4 Å². The maximum atomic E-state index is 12.5. The molecule has 0 atom stereocenters. The molecule has 1 fully saturated rings. The number of nitrogens with two attached hydrogens (primary N) is 2. The third kappa shape index (κ3) is 6.25. The summed E-state index contributed by atoms with van der Waals surface area (Å²) < 4.78 is 8.97. The molecule has 3 heterocycles. The minimum atomic E-state index is -0.639. The average molecular weight is 528 g/mol. The van der Waals surface area contributed by atoms with Crippen molar-refractivity contribution in [2.75, 3.05) is 18.8 Å². The molecule has 3 aromatic rings. The minimum Gasteiger partial charge on any atom is -0.444 e. The van der Waals surface area contributed by atoms with E-state index in [9.17, 15) is 9.59 Å². The van der Waals surface area contributed by atoms with Gasteiger partial charge < -0.3 is 21.1 Å². The molecular formula is C26H34ClN7O3. The van der Waals surface area contributed by atoms with E-state index in [2.05, 4.69) is 5.10 Å². The van der Waals surface area contributed by atoms with Crippen LogP contribution in [0.3, 0.4) is 0 Å². The van der Waals surface area contributed by atoms with Crippen LogP contribution < -0.4 is 11.5 Å². The quantitative estimate of drug-likeness (QED) is 0.502. The summed E-state index contributed by atoms with van der Waals surface area (Å²) in [6.45, 7) is 7.21. The van der Waals surface area contributed by atoms with Crippen molar-refractivity contribution in [3.05, 3.63) is 52.8 Å². The summed E-state index contributed by atoms with van der Waals surface area (Å²) >= 11 is 6.29. The number of rotatable bonds is 5. The van der Waals surface area contributed by atoms with E-state index in [-0.39, 0.29) is 23.5 Å². The van der Waals surface area contributed by atoms with Crippen molar-refractivity contribution < 1.29 is 14.3 Å². The van der Waals surface area contributed by atoms with Gasteiger partial charge in [0.25, 0.3) is 5.91 Å². The molecule has 1 aliphatic rings. The number of anilines is 1. The second-order valence-corrected chi connectivity index (χ2v) is 10.7. The van der Waals surface area contributed by atoms with Gasteiger partial charge in [-0.1, -0.05) is 29.8 Å². The van der Waals surface area contributed by atoms with Gasteiger partial charge in [-0.2, -0.15) is 10.2 Å². The molecule has 2 amide bonds. The van der Waals surface area contributed by atoms with Crippen molar-refractivity contribution in [1.29, 1.82) is 0 Å². The first-order chi connectivity index (χ1) is 17.5. The summed E-state index contributed by atoms with van der Waals surface area (Å²) in [5.74, 6) is -0.393. The van der Waals surface area contributed by atoms with Crippen LogP contribution in [0, 0.1) is 0 Å². The van der Waals surface area contributed by atoms with Gasteiger partial charge in [0.2, 0.25) is 0 Å². The van der Waals surface area contributed by atoms with Gasteiger partial charge in [0.15, 0.2) is 0 Å². The number of carbonyl (C=O) groups is 2. The highest BCUT2D eigenvalue weighted by atomic mass is 35.5. The van der Waals surface area contributed by atoms with Crippen LogP contribution in [0.25, 0.3) is 11.3 Å². The molecule has 0 spiro atoms. The molecule has 198 valence electrons. The number of nitrogen functional groups attached to an aromatic ring is 1. The second kappa shape index (κ2) is 10.8. The first-order valence-corrected chi connectivity index (χ1v) is 12.8. The third-order valence-corrected chi connectivity index (χ3v) is 6.69. The average Bonchev–Trinajstić information content (AvgIpc) is 3.38. The molecule has 11 heteroatoms. The summed E-state index contributed by atoms with van der Waals surface area (Å²) in [5, 5.41) is 9.82. The number of hydrogen-bond donors (Lipinski definition) is 2. The molecule has 0 saturated carbocycles. The summed E-state index contributed by atoms with van der Waals surface area (Å²) in [5.41, 5.74) is 13.8. The van der Waals surface area contributed by atoms with Gasteiger partial charge in [-0.25, -0.2) is 9.48 Å². The highest BCUT2D eigenvalue weighted by molar-refractivity contribution is 6.31. The summed E-state index contributed by atoms with van der Waals surface area (Å²) in [6, 6.07) is 7.53. The van der Waals surface area contributed by atoms with Gasteiger partial charge >= 0.3 is 6.09 Å². The molecule has 10 nitrogen and oxygen atoms in total. The van der Waals surface area contributed by atoms with Crippen LogP contribution in [-0.4, -0.2) is 55.2 Å². The van der Waals surface area contributed by atoms with Crippen molar-refractivity contribution in [2.45, 2.75) is 64.6 Å². The van der Waals surface area contributed by atoms with Gasteiger partial charge in [-0.15, -0.1) is 0 Å². The number of benzene rings is 1. The molecule has 0 unspecified atom stereocenters. The SMILES string of the molecule is CC(C)(C)OC(=O)N1CCCC(n2nc(-c3cnn(Cc4ccccc4Cl)c3)c(C(N)=O)c2N)CCC1. The number of amides is 2. The Morgan fingerprint density at radius 1 is 1.16 bits per heavy atom. The monoisotopic (exact) mass is 527 g/mol.